The minimum absolute atomic E-state index is 0.0595. The van der Waals surface area contributed by atoms with Gasteiger partial charge in [0, 0.05) is 84.4 Å². The molecule has 4 saturated heterocycles. The van der Waals surface area contributed by atoms with Crippen LogP contribution in [0.25, 0.3) is 0 Å². The minimum Gasteiger partial charge on any atom is -0.368 e. The van der Waals surface area contributed by atoms with Crippen LogP contribution >= 0.6 is 0 Å². The van der Waals surface area contributed by atoms with Crippen LogP contribution in [0.15, 0.2) is 18.2 Å². The van der Waals surface area contributed by atoms with Crippen molar-refractivity contribution in [1.82, 2.24) is 19.8 Å². The molecule has 4 amide bonds. The van der Waals surface area contributed by atoms with Gasteiger partial charge in [-0.15, -0.1) is 5.06 Å². The van der Waals surface area contributed by atoms with E-state index in [1.807, 2.05) is 11.0 Å². The standard InChI is InChI=1S/C24H30FN5O5/c1-16(31)27-6-8-28(9-7-27)21-10-20(25)3-2-17(21)11-26-12-18-14-29(15-19(18)13-26)24(34)35-30-22(32)4-5-23(30)33/h2-3,10,18-19H,4-9,11-15H2,1H3. The van der Waals surface area contributed by atoms with Crippen molar-refractivity contribution in [2.45, 2.75) is 26.3 Å². The first-order chi connectivity index (χ1) is 16.8. The Balaban J connectivity index is 1.17. The Bertz CT molecular complexity index is 1010. The molecule has 11 heteroatoms. The van der Waals surface area contributed by atoms with Crippen molar-refractivity contribution in [2.24, 2.45) is 11.8 Å². The van der Waals surface area contributed by atoms with Crippen LogP contribution in [0.1, 0.15) is 25.3 Å². The van der Waals surface area contributed by atoms with Gasteiger partial charge in [0.1, 0.15) is 5.82 Å². The summed E-state index contributed by atoms with van der Waals surface area (Å²) in [6.45, 7) is 7.45. The van der Waals surface area contributed by atoms with Gasteiger partial charge in [0.2, 0.25) is 5.91 Å². The van der Waals surface area contributed by atoms with Crippen LogP contribution in [0.4, 0.5) is 14.9 Å². The number of anilines is 1. The molecule has 4 aliphatic heterocycles. The smallest absolute Gasteiger partial charge is 0.368 e. The van der Waals surface area contributed by atoms with E-state index in [1.165, 1.54) is 6.07 Å². The molecule has 0 N–H and O–H groups in total. The van der Waals surface area contributed by atoms with Gasteiger partial charge >= 0.3 is 6.09 Å². The van der Waals surface area contributed by atoms with Gasteiger partial charge in [-0.05, 0) is 29.5 Å². The molecule has 1 aromatic rings. The molecule has 0 spiro atoms. The highest BCUT2D eigenvalue weighted by Gasteiger charge is 2.43. The Morgan fingerprint density at radius 3 is 2.17 bits per heavy atom. The third-order valence-electron chi connectivity index (χ3n) is 7.50. The summed E-state index contributed by atoms with van der Waals surface area (Å²) in [4.78, 5) is 60.5. The van der Waals surface area contributed by atoms with E-state index in [1.54, 1.807) is 17.9 Å². The topological polar surface area (TPSA) is 93.7 Å². The highest BCUT2D eigenvalue weighted by molar-refractivity contribution is 6.01. The molecule has 0 radical (unpaired) electrons. The molecule has 4 aliphatic rings. The first-order valence-electron chi connectivity index (χ1n) is 12.1. The fourth-order valence-electron chi connectivity index (χ4n) is 5.63. The van der Waals surface area contributed by atoms with Crippen LogP contribution in [0.2, 0.25) is 0 Å². The van der Waals surface area contributed by atoms with E-state index in [9.17, 15) is 23.6 Å². The third-order valence-corrected chi connectivity index (χ3v) is 7.50. The average molecular weight is 488 g/mol. The highest BCUT2D eigenvalue weighted by atomic mass is 19.1. The summed E-state index contributed by atoms with van der Waals surface area (Å²) in [5, 5.41) is 0.592. The number of hydrogen-bond donors (Lipinski definition) is 0. The summed E-state index contributed by atoms with van der Waals surface area (Å²) in [6, 6.07) is 4.90. The number of amides is 4. The lowest BCUT2D eigenvalue weighted by Crippen LogP contribution is -2.48. The number of hydroxylamine groups is 2. The lowest BCUT2D eigenvalue weighted by Gasteiger charge is -2.37. The predicted octanol–water partition coefficient (Wildman–Crippen LogP) is 1.06. The number of piperazine rings is 1. The number of carbonyl (C=O) groups excluding carboxylic acids is 4. The second-order valence-corrected chi connectivity index (χ2v) is 9.82. The molecule has 0 bridgehead atoms. The predicted molar refractivity (Wildman–Crippen MR) is 122 cm³/mol. The Labute approximate surface area is 203 Å². The molecule has 0 aliphatic carbocycles. The highest BCUT2D eigenvalue weighted by Crippen LogP contribution is 2.34. The zero-order valence-corrected chi connectivity index (χ0v) is 19.8. The lowest BCUT2D eigenvalue weighted by molar-refractivity contribution is -0.173. The van der Waals surface area contributed by atoms with Crippen LogP contribution in [0, 0.1) is 17.7 Å². The molecule has 0 saturated carbocycles. The molecule has 2 unspecified atom stereocenters. The van der Waals surface area contributed by atoms with Crippen LogP contribution < -0.4 is 4.90 Å². The van der Waals surface area contributed by atoms with Gasteiger partial charge in [-0.25, -0.2) is 9.18 Å². The molecule has 5 rings (SSSR count). The largest absolute Gasteiger partial charge is 0.434 e. The maximum absolute atomic E-state index is 14.1. The van der Waals surface area contributed by atoms with Crippen molar-refractivity contribution in [3.8, 4) is 0 Å². The van der Waals surface area contributed by atoms with Gasteiger partial charge in [0.25, 0.3) is 11.8 Å². The molecular formula is C24H30FN5O5. The van der Waals surface area contributed by atoms with Crippen LogP contribution in [-0.4, -0.2) is 95.9 Å². The second kappa shape index (κ2) is 9.44. The van der Waals surface area contributed by atoms with E-state index in [4.69, 9.17) is 4.84 Å². The van der Waals surface area contributed by atoms with E-state index in [2.05, 4.69) is 9.80 Å². The van der Waals surface area contributed by atoms with Crippen molar-refractivity contribution in [1.29, 1.82) is 0 Å². The molecule has 4 heterocycles. The number of imide groups is 1. The molecule has 1 aromatic carbocycles. The number of rotatable bonds is 4. The molecule has 0 aromatic heterocycles. The van der Waals surface area contributed by atoms with Crippen LogP contribution in [0.3, 0.4) is 0 Å². The molecular weight excluding hydrogens is 457 g/mol. The van der Waals surface area contributed by atoms with Crippen molar-refractivity contribution in [2.75, 3.05) is 57.3 Å². The van der Waals surface area contributed by atoms with Crippen molar-refractivity contribution >= 4 is 29.5 Å². The van der Waals surface area contributed by atoms with Crippen molar-refractivity contribution in [3.63, 3.8) is 0 Å². The molecule has 10 nitrogen and oxygen atoms in total. The summed E-state index contributed by atoms with van der Waals surface area (Å²) in [7, 11) is 0. The SMILES string of the molecule is CC(=O)N1CCN(c2cc(F)ccc2CN2CC3CN(C(=O)ON4C(=O)CCC4=O)CC3C2)CC1. The molecule has 4 fully saturated rings. The first kappa shape index (κ1) is 23.5. The number of benzene rings is 1. The van der Waals surface area contributed by atoms with Gasteiger partial charge in [-0.1, -0.05) is 6.07 Å². The summed E-state index contributed by atoms with van der Waals surface area (Å²) in [5.74, 6) is -0.631. The summed E-state index contributed by atoms with van der Waals surface area (Å²) < 4.78 is 14.1. The van der Waals surface area contributed by atoms with Crippen molar-refractivity contribution in [3.05, 3.63) is 29.6 Å². The van der Waals surface area contributed by atoms with E-state index in [0.29, 0.717) is 50.9 Å². The number of hydrogen-bond acceptors (Lipinski definition) is 7. The van der Waals surface area contributed by atoms with Crippen LogP contribution in [0.5, 0.6) is 0 Å². The van der Waals surface area contributed by atoms with Gasteiger partial charge < -0.3 is 19.5 Å². The quantitative estimate of drug-likeness (QED) is 0.587. The number of fused-ring (bicyclic) bond motifs is 1. The Kier molecular flexibility index (Phi) is 6.35. The van der Waals surface area contributed by atoms with E-state index < -0.39 is 17.9 Å². The first-order valence-corrected chi connectivity index (χ1v) is 12.1. The average Bonchev–Trinajstić information content (AvgIpc) is 3.49. The lowest BCUT2D eigenvalue weighted by atomic mass is 10.0. The third kappa shape index (κ3) is 4.82. The number of halogens is 1. The summed E-state index contributed by atoms with van der Waals surface area (Å²) in [5.41, 5.74) is 1.92. The fraction of sp³-hybridized carbons (Fsp3) is 0.583. The van der Waals surface area contributed by atoms with Gasteiger partial charge in [0.15, 0.2) is 0 Å². The summed E-state index contributed by atoms with van der Waals surface area (Å²) >= 11 is 0. The zero-order chi connectivity index (χ0) is 24.7. The van der Waals surface area contributed by atoms with E-state index in [0.717, 1.165) is 24.3 Å². The Hall–Kier alpha value is -3.21. The fourth-order valence-corrected chi connectivity index (χ4v) is 5.63. The summed E-state index contributed by atoms with van der Waals surface area (Å²) in [6.07, 6.45) is -0.506. The number of carbonyl (C=O) groups is 4. The number of likely N-dealkylation sites (tertiary alicyclic amines) is 2. The normalized spacial score (nSPS) is 25.0. The van der Waals surface area contributed by atoms with E-state index in [-0.39, 0.29) is 36.4 Å². The van der Waals surface area contributed by atoms with Gasteiger partial charge in [-0.2, -0.15) is 0 Å². The van der Waals surface area contributed by atoms with Gasteiger partial charge in [-0.3, -0.25) is 19.3 Å². The maximum atomic E-state index is 14.1. The Morgan fingerprint density at radius 1 is 0.943 bits per heavy atom. The molecule has 2 atom stereocenters. The Morgan fingerprint density at radius 2 is 1.57 bits per heavy atom. The minimum atomic E-state index is -0.653. The zero-order valence-electron chi connectivity index (χ0n) is 19.8. The van der Waals surface area contributed by atoms with Gasteiger partial charge in [0.05, 0.1) is 0 Å². The second-order valence-electron chi connectivity index (χ2n) is 9.82. The maximum Gasteiger partial charge on any atom is 0.434 e. The van der Waals surface area contributed by atoms with Crippen molar-refractivity contribution < 1.29 is 28.4 Å². The number of nitrogens with zero attached hydrogens (tertiary/aromatic N) is 5. The van der Waals surface area contributed by atoms with E-state index >= 15 is 0 Å². The molecule has 188 valence electrons. The monoisotopic (exact) mass is 487 g/mol. The molecule has 35 heavy (non-hydrogen) atoms. The van der Waals surface area contributed by atoms with Crippen LogP contribution in [-0.2, 0) is 25.8 Å².